The lowest BCUT2D eigenvalue weighted by Gasteiger charge is -2.40. The summed E-state index contributed by atoms with van der Waals surface area (Å²) in [5, 5.41) is 63.4. The number of rotatable bonds is 10. The summed E-state index contributed by atoms with van der Waals surface area (Å²) in [6, 6.07) is 9.35. The van der Waals surface area contributed by atoms with Gasteiger partial charge in [0.15, 0.2) is 34.9 Å². The molecule has 5 rings (SSSR count). The van der Waals surface area contributed by atoms with Crippen molar-refractivity contribution in [3.63, 3.8) is 0 Å². The maximum atomic E-state index is 12.5. The first-order chi connectivity index (χ1) is 21.4. The van der Waals surface area contributed by atoms with Crippen molar-refractivity contribution in [1.82, 2.24) is 0 Å². The smallest absolute Gasteiger partial charge is 0.338 e. The van der Waals surface area contributed by atoms with E-state index in [1.807, 2.05) is 0 Å². The highest BCUT2D eigenvalue weighted by molar-refractivity contribution is 5.90. The molecule has 0 aliphatic carbocycles. The van der Waals surface area contributed by atoms with Crippen LogP contribution in [0.1, 0.15) is 10.4 Å². The number of carbonyl (C=O) groups is 1. The number of aromatic hydroxyl groups is 1. The van der Waals surface area contributed by atoms with Crippen molar-refractivity contribution < 1.29 is 73.0 Å². The Hall–Kier alpha value is -4.00. The highest BCUT2D eigenvalue weighted by Crippen LogP contribution is 2.35. The second-order valence-corrected chi connectivity index (χ2v) is 10.5. The minimum Gasteiger partial charge on any atom is -0.504 e. The Morgan fingerprint density at radius 2 is 1.69 bits per heavy atom. The van der Waals surface area contributed by atoms with Crippen LogP contribution in [0, 0.1) is 0 Å². The van der Waals surface area contributed by atoms with Crippen molar-refractivity contribution in [1.29, 1.82) is 0 Å². The van der Waals surface area contributed by atoms with Crippen molar-refractivity contribution in [3.8, 4) is 23.0 Å². The zero-order valence-corrected chi connectivity index (χ0v) is 24.0. The summed E-state index contributed by atoms with van der Waals surface area (Å²) < 4.78 is 42.9. The number of aliphatic hydroxyl groups excluding tert-OH is 4. The average Bonchev–Trinajstić information content (AvgIpc) is 3.32. The highest BCUT2D eigenvalue weighted by atomic mass is 16.7. The molecule has 2 fully saturated rings. The van der Waals surface area contributed by atoms with E-state index in [1.165, 1.54) is 56.7 Å². The lowest BCUT2D eigenvalue weighted by molar-refractivity contribution is -0.289. The number of phenolic OH excluding ortho intramolecular Hbond substituents is 1. The predicted molar refractivity (Wildman–Crippen MR) is 148 cm³/mol. The molecule has 45 heavy (non-hydrogen) atoms. The maximum Gasteiger partial charge on any atom is 0.338 e. The van der Waals surface area contributed by atoms with Crippen LogP contribution in [0.5, 0.6) is 23.0 Å². The molecule has 2 aromatic carbocycles. The maximum absolute atomic E-state index is 12.5. The van der Waals surface area contributed by atoms with Gasteiger partial charge in [-0.05, 0) is 30.3 Å². The molecule has 2 aliphatic rings. The number of methoxy groups -OCH3 is 2. The molecule has 16 nitrogen and oxygen atoms in total. The van der Waals surface area contributed by atoms with E-state index in [0.717, 1.165) is 0 Å². The van der Waals surface area contributed by atoms with E-state index in [1.54, 1.807) is 0 Å². The van der Waals surface area contributed by atoms with Gasteiger partial charge < -0.3 is 68.2 Å². The minimum absolute atomic E-state index is 0.00781. The average molecular weight is 637 g/mol. The second kappa shape index (κ2) is 13.2. The molecule has 244 valence electrons. The molecule has 3 aromatic rings. The van der Waals surface area contributed by atoms with E-state index < -0.39 is 80.1 Å². The standard InChI is InChI=1S/C29H32O16/c1-38-17-8-14(3-5-15(17)30)26(36)41-11-29(37)12-42-28(25(29)35)40-10-20-22(32)23(33)24(34)27(45-20)44-19-9-16-13(7-18(19)39-2)4-6-21(31)43-16/h3-9,20,22-25,27-28,30,32-35,37H,10-12H2,1-2H3/t20-,22-,23+,24-,25+,27-,28-,29-/m1/s1. The first-order valence-corrected chi connectivity index (χ1v) is 13.6. The molecular weight excluding hydrogens is 604 g/mol. The van der Waals surface area contributed by atoms with E-state index in [4.69, 9.17) is 37.6 Å². The van der Waals surface area contributed by atoms with Crippen LogP contribution in [0.15, 0.2) is 51.7 Å². The van der Waals surface area contributed by atoms with Crippen molar-refractivity contribution in [2.75, 3.05) is 34.0 Å². The van der Waals surface area contributed by atoms with E-state index in [9.17, 15) is 40.2 Å². The Kier molecular flexibility index (Phi) is 9.47. The molecule has 8 atom stereocenters. The molecule has 2 aliphatic heterocycles. The van der Waals surface area contributed by atoms with Gasteiger partial charge in [0.2, 0.25) is 6.29 Å². The van der Waals surface area contributed by atoms with Crippen molar-refractivity contribution in [2.45, 2.75) is 48.7 Å². The Labute approximate surface area is 254 Å². The summed E-state index contributed by atoms with van der Waals surface area (Å²) in [4.78, 5) is 24.1. The van der Waals surface area contributed by atoms with Crippen LogP contribution in [0.3, 0.4) is 0 Å². The van der Waals surface area contributed by atoms with Gasteiger partial charge in [-0.2, -0.15) is 0 Å². The Balaban J connectivity index is 1.21. The van der Waals surface area contributed by atoms with Crippen LogP contribution < -0.4 is 19.8 Å². The number of hydrogen-bond acceptors (Lipinski definition) is 16. The third-order valence-corrected chi connectivity index (χ3v) is 7.42. The van der Waals surface area contributed by atoms with Gasteiger partial charge in [0.05, 0.1) is 33.0 Å². The highest BCUT2D eigenvalue weighted by Gasteiger charge is 2.51. The fraction of sp³-hybridized carbons (Fsp3) is 0.448. The topological polar surface area (TPSA) is 233 Å². The largest absolute Gasteiger partial charge is 0.504 e. The fourth-order valence-electron chi connectivity index (χ4n) is 4.79. The van der Waals surface area contributed by atoms with Gasteiger partial charge in [-0.3, -0.25) is 0 Å². The molecule has 16 heteroatoms. The van der Waals surface area contributed by atoms with E-state index in [0.29, 0.717) is 5.39 Å². The van der Waals surface area contributed by atoms with Crippen LogP contribution in [-0.2, 0) is 18.9 Å². The molecule has 0 amide bonds. The summed E-state index contributed by atoms with van der Waals surface area (Å²) in [7, 11) is 2.66. The number of phenols is 1. The Morgan fingerprint density at radius 1 is 0.933 bits per heavy atom. The summed E-state index contributed by atoms with van der Waals surface area (Å²) in [6.45, 7) is -1.70. The van der Waals surface area contributed by atoms with Gasteiger partial charge in [0.25, 0.3) is 0 Å². The number of fused-ring (bicyclic) bond motifs is 1. The number of esters is 1. The van der Waals surface area contributed by atoms with Gasteiger partial charge in [-0.25, -0.2) is 9.59 Å². The van der Waals surface area contributed by atoms with Gasteiger partial charge >= 0.3 is 11.6 Å². The van der Waals surface area contributed by atoms with Gasteiger partial charge in [0.1, 0.15) is 42.7 Å². The predicted octanol–water partition coefficient (Wildman–Crippen LogP) is -0.976. The number of carbonyl (C=O) groups excluding carboxylic acids is 1. The molecule has 0 bridgehead atoms. The lowest BCUT2D eigenvalue weighted by Crippen LogP contribution is -2.60. The number of hydrogen-bond donors (Lipinski definition) is 6. The Morgan fingerprint density at radius 3 is 2.42 bits per heavy atom. The third-order valence-electron chi connectivity index (χ3n) is 7.42. The number of aliphatic hydroxyl groups is 5. The summed E-state index contributed by atoms with van der Waals surface area (Å²) >= 11 is 0. The molecule has 0 radical (unpaired) electrons. The summed E-state index contributed by atoms with van der Waals surface area (Å²) in [5.74, 6) is -0.856. The van der Waals surface area contributed by atoms with Crippen LogP contribution in [0.4, 0.5) is 0 Å². The van der Waals surface area contributed by atoms with E-state index in [2.05, 4.69) is 0 Å². The monoisotopic (exact) mass is 636 g/mol. The first kappa shape index (κ1) is 32.4. The minimum atomic E-state index is -2.07. The Bertz CT molecular complexity index is 1570. The van der Waals surface area contributed by atoms with Crippen molar-refractivity contribution in [2.24, 2.45) is 0 Å². The molecule has 0 saturated carbocycles. The first-order valence-electron chi connectivity index (χ1n) is 13.6. The quantitative estimate of drug-likeness (QED) is 0.116. The number of benzene rings is 2. The second-order valence-electron chi connectivity index (χ2n) is 10.5. The van der Waals surface area contributed by atoms with E-state index >= 15 is 0 Å². The number of ether oxygens (including phenoxy) is 7. The van der Waals surface area contributed by atoms with Gasteiger partial charge in [-0.15, -0.1) is 0 Å². The molecule has 0 unspecified atom stereocenters. The normalized spacial score (nSPS) is 29.8. The lowest BCUT2D eigenvalue weighted by atomic mass is 9.99. The molecule has 2 saturated heterocycles. The molecule has 0 spiro atoms. The zero-order chi connectivity index (χ0) is 32.5. The van der Waals surface area contributed by atoms with Gasteiger partial charge in [-0.1, -0.05) is 0 Å². The van der Waals surface area contributed by atoms with E-state index in [-0.39, 0.29) is 34.1 Å². The SMILES string of the molecule is COc1cc(C(=O)OC[C@@]2(O)CO[C@@H](OC[C@H]3O[C@@H](Oc4cc5oc(=O)ccc5cc4OC)[C@H](O)[C@@H](O)[C@@H]3O)[C@@H]2O)ccc1O. The fourth-order valence-corrected chi connectivity index (χ4v) is 4.79. The van der Waals surface area contributed by atoms with Crippen molar-refractivity contribution >= 4 is 16.9 Å². The summed E-state index contributed by atoms with van der Waals surface area (Å²) in [5.41, 5.74) is -2.52. The zero-order valence-electron chi connectivity index (χ0n) is 24.0. The van der Waals surface area contributed by atoms with Crippen LogP contribution >= 0.6 is 0 Å². The van der Waals surface area contributed by atoms with Gasteiger partial charge in [0, 0.05) is 17.5 Å². The van der Waals surface area contributed by atoms with Crippen LogP contribution in [-0.4, -0.2) is 119 Å². The molecular formula is C29H32O16. The third kappa shape index (κ3) is 6.68. The molecule has 6 N–H and O–H groups in total. The van der Waals surface area contributed by atoms with Crippen LogP contribution in [0.25, 0.3) is 11.0 Å². The summed E-state index contributed by atoms with van der Waals surface area (Å²) in [6.07, 6.45) is -11.2. The van der Waals surface area contributed by atoms with Crippen LogP contribution in [0.2, 0.25) is 0 Å². The molecule has 1 aromatic heterocycles. The molecule has 3 heterocycles. The van der Waals surface area contributed by atoms with Crippen molar-refractivity contribution in [3.05, 3.63) is 58.4 Å².